The van der Waals surface area contributed by atoms with Gasteiger partial charge in [0.25, 0.3) is 0 Å². The first-order chi connectivity index (χ1) is 13.7. The van der Waals surface area contributed by atoms with Crippen molar-refractivity contribution in [1.82, 2.24) is 5.32 Å². The van der Waals surface area contributed by atoms with Crippen molar-refractivity contribution in [3.63, 3.8) is 0 Å². The van der Waals surface area contributed by atoms with E-state index in [1.165, 1.54) is 11.1 Å². The van der Waals surface area contributed by atoms with Crippen molar-refractivity contribution in [2.45, 2.75) is 25.7 Å². The van der Waals surface area contributed by atoms with Crippen LogP contribution in [0.2, 0.25) is 0 Å². The van der Waals surface area contributed by atoms with E-state index >= 15 is 0 Å². The summed E-state index contributed by atoms with van der Waals surface area (Å²) in [4.78, 5) is 12.2. The molecule has 0 saturated heterocycles. The molecule has 3 heteroatoms. The van der Waals surface area contributed by atoms with Crippen molar-refractivity contribution >= 4 is 5.91 Å². The second-order valence-electron chi connectivity index (χ2n) is 6.93. The molecule has 1 amide bonds. The molecule has 0 spiro atoms. The number of carbonyl (C=O) groups is 1. The lowest BCUT2D eigenvalue weighted by atomic mass is 9.88. The van der Waals surface area contributed by atoms with Crippen LogP contribution in [0.1, 0.15) is 35.4 Å². The summed E-state index contributed by atoms with van der Waals surface area (Å²) in [5.41, 5.74) is 3.69. The van der Waals surface area contributed by atoms with Crippen molar-refractivity contribution in [2.24, 2.45) is 0 Å². The van der Waals surface area contributed by atoms with Gasteiger partial charge in [-0.25, -0.2) is 0 Å². The Hall–Kier alpha value is -3.07. The Morgan fingerprint density at radius 2 is 1.54 bits per heavy atom. The molecule has 0 aliphatic heterocycles. The van der Waals surface area contributed by atoms with E-state index in [0.717, 1.165) is 17.7 Å². The highest BCUT2D eigenvalue weighted by Gasteiger charge is 2.14. The normalized spacial score (nSPS) is 10.6. The molecule has 0 radical (unpaired) electrons. The summed E-state index contributed by atoms with van der Waals surface area (Å²) in [6.45, 7) is 3.04. The molecule has 0 unspecified atom stereocenters. The summed E-state index contributed by atoms with van der Waals surface area (Å²) in [6.07, 6.45) is 1.22. The van der Waals surface area contributed by atoms with Gasteiger partial charge in [-0.2, -0.15) is 0 Å². The average Bonchev–Trinajstić information content (AvgIpc) is 2.73. The fourth-order valence-electron chi connectivity index (χ4n) is 3.31. The van der Waals surface area contributed by atoms with E-state index in [2.05, 4.69) is 53.8 Å². The van der Waals surface area contributed by atoms with Crippen LogP contribution in [0.3, 0.4) is 0 Å². The predicted octanol–water partition coefficient (Wildman–Crippen LogP) is 5.10. The van der Waals surface area contributed by atoms with E-state index in [4.69, 9.17) is 4.74 Å². The lowest BCUT2D eigenvalue weighted by molar-refractivity contribution is -0.121. The number of hydrogen-bond donors (Lipinski definition) is 1. The number of hydrogen-bond acceptors (Lipinski definition) is 2. The first kappa shape index (κ1) is 19.7. The van der Waals surface area contributed by atoms with Gasteiger partial charge < -0.3 is 10.1 Å². The van der Waals surface area contributed by atoms with Crippen molar-refractivity contribution in [3.8, 4) is 5.75 Å². The molecule has 1 N–H and O–H groups in total. The number of benzene rings is 3. The third-order valence-corrected chi connectivity index (χ3v) is 4.75. The summed E-state index contributed by atoms with van der Waals surface area (Å²) in [5.74, 6) is 1.10. The van der Waals surface area contributed by atoms with Crippen LogP contribution in [0.5, 0.6) is 5.75 Å². The van der Waals surface area contributed by atoms with Crippen LogP contribution in [0.15, 0.2) is 84.9 Å². The number of amides is 1. The maximum absolute atomic E-state index is 12.2. The Balaban J connectivity index is 1.48. The highest BCUT2D eigenvalue weighted by atomic mass is 16.5. The van der Waals surface area contributed by atoms with Gasteiger partial charge in [0, 0.05) is 12.5 Å². The number of carbonyl (C=O) groups excluding carboxylic acids is 1. The van der Waals surface area contributed by atoms with Gasteiger partial charge in [0.2, 0.25) is 5.91 Å². The van der Waals surface area contributed by atoms with Crippen LogP contribution >= 0.6 is 0 Å². The second-order valence-corrected chi connectivity index (χ2v) is 6.93. The Kier molecular flexibility index (Phi) is 7.25. The molecular weight excluding hydrogens is 346 g/mol. The van der Waals surface area contributed by atoms with Crippen LogP contribution in [-0.4, -0.2) is 19.1 Å². The molecule has 0 saturated carbocycles. The summed E-state index contributed by atoms with van der Waals surface area (Å²) >= 11 is 0. The maximum atomic E-state index is 12.2. The third-order valence-electron chi connectivity index (χ3n) is 4.75. The molecule has 0 aliphatic carbocycles. The van der Waals surface area contributed by atoms with Crippen LogP contribution in [0.25, 0.3) is 0 Å². The SMILES string of the molecule is Cc1cccc(OCCC(=O)NCCC(c2ccccc2)c2ccccc2)c1. The third kappa shape index (κ3) is 5.98. The molecule has 3 rings (SSSR count). The molecule has 0 fully saturated rings. The van der Waals surface area contributed by atoms with Crippen molar-refractivity contribution < 1.29 is 9.53 Å². The summed E-state index contributed by atoms with van der Waals surface area (Å²) in [6, 6.07) is 28.8. The zero-order chi connectivity index (χ0) is 19.6. The lowest BCUT2D eigenvalue weighted by Crippen LogP contribution is -2.27. The number of aryl methyl sites for hydroxylation is 1. The predicted molar refractivity (Wildman–Crippen MR) is 114 cm³/mol. The van der Waals surface area contributed by atoms with Gasteiger partial charge in [0.05, 0.1) is 13.0 Å². The van der Waals surface area contributed by atoms with Crippen LogP contribution in [0, 0.1) is 6.92 Å². The molecular formula is C25H27NO2. The van der Waals surface area contributed by atoms with Gasteiger partial charge in [-0.15, -0.1) is 0 Å². The van der Waals surface area contributed by atoms with E-state index in [0.29, 0.717) is 19.6 Å². The summed E-state index contributed by atoms with van der Waals surface area (Å²) < 4.78 is 5.66. The number of ether oxygens (including phenoxy) is 1. The molecule has 3 aromatic rings. The van der Waals surface area contributed by atoms with E-state index in [9.17, 15) is 4.79 Å². The number of nitrogens with one attached hydrogen (secondary N) is 1. The van der Waals surface area contributed by atoms with Crippen molar-refractivity contribution in [3.05, 3.63) is 102 Å². The summed E-state index contributed by atoms with van der Waals surface area (Å²) in [7, 11) is 0. The molecule has 0 atom stereocenters. The molecule has 144 valence electrons. The molecule has 0 aliphatic rings. The quantitative estimate of drug-likeness (QED) is 0.566. The average molecular weight is 373 g/mol. The first-order valence-electron chi connectivity index (χ1n) is 9.78. The van der Waals surface area contributed by atoms with Gasteiger partial charge in [0.15, 0.2) is 0 Å². The topological polar surface area (TPSA) is 38.3 Å². The Bertz CT molecular complexity index is 822. The minimum atomic E-state index is 0.0209. The van der Waals surface area contributed by atoms with Crippen LogP contribution in [0.4, 0.5) is 0 Å². The van der Waals surface area contributed by atoms with Gasteiger partial charge in [-0.05, 0) is 42.2 Å². The number of rotatable bonds is 9. The molecule has 3 nitrogen and oxygen atoms in total. The highest BCUT2D eigenvalue weighted by molar-refractivity contribution is 5.75. The Morgan fingerprint density at radius 1 is 0.893 bits per heavy atom. The zero-order valence-electron chi connectivity index (χ0n) is 16.3. The minimum absolute atomic E-state index is 0.0209. The minimum Gasteiger partial charge on any atom is -0.493 e. The van der Waals surface area contributed by atoms with Gasteiger partial charge in [0.1, 0.15) is 5.75 Å². The summed E-state index contributed by atoms with van der Waals surface area (Å²) in [5, 5.41) is 3.03. The van der Waals surface area contributed by atoms with E-state index in [1.807, 2.05) is 43.3 Å². The second kappa shape index (κ2) is 10.3. The van der Waals surface area contributed by atoms with Crippen LogP contribution in [-0.2, 0) is 4.79 Å². The smallest absolute Gasteiger partial charge is 0.223 e. The van der Waals surface area contributed by atoms with Crippen molar-refractivity contribution in [2.75, 3.05) is 13.2 Å². The Labute approximate surface area is 167 Å². The van der Waals surface area contributed by atoms with E-state index < -0.39 is 0 Å². The first-order valence-corrected chi connectivity index (χ1v) is 9.78. The molecule has 0 heterocycles. The highest BCUT2D eigenvalue weighted by Crippen LogP contribution is 2.27. The lowest BCUT2D eigenvalue weighted by Gasteiger charge is -2.18. The van der Waals surface area contributed by atoms with Gasteiger partial charge >= 0.3 is 0 Å². The van der Waals surface area contributed by atoms with Crippen LogP contribution < -0.4 is 10.1 Å². The molecule has 3 aromatic carbocycles. The molecule has 0 aromatic heterocycles. The van der Waals surface area contributed by atoms with Gasteiger partial charge in [-0.1, -0.05) is 72.8 Å². The zero-order valence-corrected chi connectivity index (χ0v) is 16.3. The molecule has 28 heavy (non-hydrogen) atoms. The maximum Gasteiger partial charge on any atom is 0.223 e. The Morgan fingerprint density at radius 3 is 2.14 bits per heavy atom. The largest absolute Gasteiger partial charge is 0.493 e. The monoisotopic (exact) mass is 373 g/mol. The fourth-order valence-corrected chi connectivity index (χ4v) is 3.31. The standard InChI is InChI=1S/C25H27NO2/c1-20-9-8-14-23(19-20)28-18-16-25(27)26-17-15-24(21-10-4-2-5-11-21)22-12-6-3-7-13-22/h2-14,19,24H,15-18H2,1H3,(H,26,27). The van der Waals surface area contributed by atoms with E-state index in [1.54, 1.807) is 0 Å². The fraction of sp³-hybridized carbons (Fsp3) is 0.240. The van der Waals surface area contributed by atoms with Gasteiger partial charge in [-0.3, -0.25) is 4.79 Å². The van der Waals surface area contributed by atoms with E-state index in [-0.39, 0.29) is 11.8 Å². The van der Waals surface area contributed by atoms with Crippen molar-refractivity contribution in [1.29, 1.82) is 0 Å². The molecule has 0 bridgehead atoms.